The standard InChI is InChI=1S/C15H21ClN2O2/c1-10(15(19)17-2)8-18(3)9-12-7-13(16)6-11-4-5-20-14(11)12/h6-7,10H,4-5,8-9H2,1-3H3,(H,17,19)/t10-/m0/s1. The highest BCUT2D eigenvalue weighted by atomic mass is 35.5. The first-order valence-corrected chi connectivity index (χ1v) is 7.23. The van der Waals surface area contributed by atoms with E-state index in [2.05, 4.69) is 10.2 Å². The highest BCUT2D eigenvalue weighted by Gasteiger charge is 2.20. The molecule has 0 saturated heterocycles. The third-order valence-electron chi connectivity index (χ3n) is 3.55. The highest BCUT2D eigenvalue weighted by Crippen LogP contribution is 2.33. The van der Waals surface area contributed by atoms with Gasteiger partial charge in [0, 0.05) is 43.1 Å². The molecule has 0 aromatic heterocycles. The fraction of sp³-hybridized carbons (Fsp3) is 0.533. The summed E-state index contributed by atoms with van der Waals surface area (Å²) in [4.78, 5) is 13.7. The van der Waals surface area contributed by atoms with Crippen molar-refractivity contribution in [3.8, 4) is 5.75 Å². The van der Waals surface area contributed by atoms with Crippen LogP contribution in [0.3, 0.4) is 0 Å². The quantitative estimate of drug-likeness (QED) is 0.904. The van der Waals surface area contributed by atoms with Gasteiger partial charge < -0.3 is 15.0 Å². The van der Waals surface area contributed by atoms with Crippen molar-refractivity contribution in [2.45, 2.75) is 19.9 Å². The van der Waals surface area contributed by atoms with Gasteiger partial charge in [0.15, 0.2) is 0 Å². The van der Waals surface area contributed by atoms with Gasteiger partial charge in [0.1, 0.15) is 5.75 Å². The largest absolute Gasteiger partial charge is 0.493 e. The maximum Gasteiger partial charge on any atom is 0.223 e. The van der Waals surface area contributed by atoms with Crippen molar-refractivity contribution >= 4 is 17.5 Å². The zero-order valence-electron chi connectivity index (χ0n) is 12.2. The minimum atomic E-state index is -0.0434. The molecule has 1 amide bonds. The first-order valence-electron chi connectivity index (χ1n) is 6.85. The van der Waals surface area contributed by atoms with Crippen LogP contribution in [0.5, 0.6) is 5.75 Å². The molecule has 20 heavy (non-hydrogen) atoms. The number of amides is 1. The molecule has 2 rings (SSSR count). The zero-order valence-corrected chi connectivity index (χ0v) is 13.0. The summed E-state index contributed by atoms with van der Waals surface area (Å²) < 4.78 is 5.69. The molecule has 1 heterocycles. The fourth-order valence-electron chi connectivity index (χ4n) is 2.62. The first-order chi connectivity index (χ1) is 9.51. The predicted molar refractivity (Wildman–Crippen MR) is 80.2 cm³/mol. The summed E-state index contributed by atoms with van der Waals surface area (Å²) in [5, 5.41) is 3.42. The number of hydrogen-bond donors (Lipinski definition) is 1. The van der Waals surface area contributed by atoms with E-state index in [1.165, 1.54) is 5.56 Å². The molecule has 1 aliphatic heterocycles. The molecule has 1 atom stereocenters. The van der Waals surface area contributed by atoms with E-state index in [-0.39, 0.29) is 11.8 Å². The van der Waals surface area contributed by atoms with Crippen molar-refractivity contribution in [3.05, 3.63) is 28.3 Å². The van der Waals surface area contributed by atoms with E-state index in [1.54, 1.807) is 7.05 Å². The summed E-state index contributed by atoms with van der Waals surface area (Å²) in [6, 6.07) is 3.92. The minimum Gasteiger partial charge on any atom is -0.493 e. The second-order valence-electron chi connectivity index (χ2n) is 5.36. The van der Waals surface area contributed by atoms with Crippen molar-refractivity contribution in [2.24, 2.45) is 5.92 Å². The Hall–Kier alpha value is -1.26. The topological polar surface area (TPSA) is 41.6 Å². The summed E-state index contributed by atoms with van der Waals surface area (Å²) in [5.74, 6) is 0.983. The lowest BCUT2D eigenvalue weighted by Crippen LogP contribution is -2.34. The number of halogens is 1. The predicted octanol–water partition coefficient (Wildman–Crippen LogP) is 2.09. The van der Waals surface area contributed by atoms with E-state index in [0.717, 1.165) is 35.9 Å². The molecule has 1 aromatic carbocycles. The summed E-state index contributed by atoms with van der Waals surface area (Å²) in [6.07, 6.45) is 0.918. The molecule has 1 aliphatic rings. The Morgan fingerprint density at radius 2 is 2.30 bits per heavy atom. The summed E-state index contributed by atoms with van der Waals surface area (Å²) in [5.41, 5.74) is 2.27. The van der Waals surface area contributed by atoms with Crippen LogP contribution in [0.25, 0.3) is 0 Å². The molecule has 0 unspecified atom stereocenters. The molecule has 1 aromatic rings. The smallest absolute Gasteiger partial charge is 0.223 e. The molecule has 0 bridgehead atoms. The second kappa shape index (κ2) is 6.46. The lowest BCUT2D eigenvalue weighted by atomic mass is 10.1. The van der Waals surface area contributed by atoms with Crippen molar-refractivity contribution < 1.29 is 9.53 Å². The van der Waals surface area contributed by atoms with Gasteiger partial charge in [-0.05, 0) is 24.7 Å². The molecule has 0 aliphatic carbocycles. The third-order valence-corrected chi connectivity index (χ3v) is 3.76. The molecule has 0 fully saturated rings. The van der Waals surface area contributed by atoms with Gasteiger partial charge in [0.25, 0.3) is 0 Å². The van der Waals surface area contributed by atoms with Crippen LogP contribution in [-0.2, 0) is 17.8 Å². The van der Waals surface area contributed by atoms with Crippen LogP contribution in [0, 0.1) is 5.92 Å². The Balaban J connectivity index is 2.05. The molecule has 110 valence electrons. The molecule has 4 nitrogen and oxygen atoms in total. The normalized spacial score (nSPS) is 14.8. The molecule has 0 spiro atoms. The monoisotopic (exact) mass is 296 g/mol. The molecular weight excluding hydrogens is 276 g/mol. The average Bonchev–Trinajstić information content (AvgIpc) is 2.85. The van der Waals surface area contributed by atoms with Crippen molar-refractivity contribution in [1.29, 1.82) is 0 Å². The summed E-state index contributed by atoms with van der Waals surface area (Å²) in [7, 11) is 3.66. The molecule has 0 radical (unpaired) electrons. The van der Waals surface area contributed by atoms with Gasteiger partial charge in [0.2, 0.25) is 5.91 Å². The zero-order chi connectivity index (χ0) is 14.7. The van der Waals surface area contributed by atoms with Gasteiger partial charge in [-0.1, -0.05) is 18.5 Å². The van der Waals surface area contributed by atoms with Gasteiger partial charge in [-0.2, -0.15) is 0 Å². The van der Waals surface area contributed by atoms with Crippen LogP contribution in [0.2, 0.25) is 5.02 Å². The van der Waals surface area contributed by atoms with Crippen molar-refractivity contribution in [2.75, 3.05) is 27.2 Å². The van der Waals surface area contributed by atoms with Crippen LogP contribution in [0.1, 0.15) is 18.1 Å². The van der Waals surface area contributed by atoms with Crippen LogP contribution in [0.4, 0.5) is 0 Å². The van der Waals surface area contributed by atoms with Gasteiger partial charge in [-0.15, -0.1) is 0 Å². The molecule has 5 heteroatoms. The van der Waals surface area contributed by atoms with E-state index < -0.39 is 0 Å². The minimum absolute atomic E-state index is 0.0434. The first kappa shape index (κ1) is 15.1. The van der Waals surface area contributed by atoms with Crippen molar-refractivity contribution in [3.63, 3.8) is 0 Å². The van der Waals surface area contributed by atoms with Crippen LogP contribution in [0.15, 0.2) is 12.1 Å². The fourth-order valence-corrected chi connectivity index (χ4v) is 2.88. The number of benzene rings is 1. The summed E-state index contributed by atoms with van der Waals surface area (Å²) in [6.45, 7) is 4.07. The number of fused-ring (bicyclic) bond motifs is 1. The van der Waals surface area contributed by atoms with E-state index in [9.17, 15) is 4.79 Å². The number of ether oxygens (including phenoxy) is 1. The van der Waals surface area contributed by atoms with E-state index in [0.29, 0.717) is 6.54 Å². The van der Waals surface area contributed by atoms with Gasteiger partial charge >= 0.3 is 0 Å². The van der Waals surface area contributed by atoms with E-state index >= 15 is 0 Å². The maximum absolute atomic E-state index is 11.6. The van der Waals surface area contributed by atoms with Crippen LogP contribution >= 0.6 is 11.6 Å². The molecule has 1 N–H and O–H groups in total. The lowest BCUT2D eigenvalue weighted by Gasteiger charge is -2.21. The van der Waals surface area contributed by atoms with Crippen LogP contribution in [-0.4, -0.2) is 38.1 Å². The Labute approximate surface area is 125 Å². The Morgan fingerprint density at radius 1 is 1.55 bits per heavy atom. The van der Waals surface area contributed by atoms with E-state index in [4.69, 9.17) is 16.3 Å². The Morgan fingerprint density at radius 3 is 3.00 bits per heavy atom. The average molecular weight is 297 g/mol. The van der Waals surface area contributed by atoms with Crippen LogP contribution < -0.4 is 10.1 Å². The van der Waals surface area contributed by atoms with Gasteiger partial charge in [-0.25, -0.2) is 0 Å². The SMILES string of the molecule is CNC(=O)[C@@H](C)CN(C)Cc1cc(Cl)cc2c1OCC2. The third kappa shape index (κ3) is 3.44. The molecular formula is C15H21ClN2O2. The Kier molecular flexibility index (Phi) is 4.89. The number of rotatable bonds is 5. The summed E-state index contributed by atoms with van der Waals surface area (Å²) >= 11 is 6.15. The highest BCUT2D eigenvalue weighted by molar-refractivity contribution is 6.30. The second-order valence-corrected chi connectivity index (χ2v) is 5.80. The number of carbonyl (C=O) groups is 1. The number of hydrogen-bond acceptors (Lipinski definition) is 3. The Bertz CT molecular complexity index is 505. The number of carbonyl (C=O) groups excluding carboxylic acids is 1. The van der Waals surface area contributed by atoms with Gasteiger partial charge in [-0.3, -0.25) is 4.79 Å². The van der Waals surface area contributed by atoms with E-state index in [1.807, 2.05) is 26.1 Å². The number of nitrogens with zero attached hydrogens (tertiary/aromatic N) is 1. The van der Waals surface area contributed by atoms with Crippen molar-refractivity contribution in [1.82, 2.24) is 10.2 Å². The maximum atomic E-state index is 11.6. The van der Waals surface area contributed by atoms with Gasteiger partial charge in [0.05, 0.1) is 6.61 Å². The number of nitrogens with one attached hydrogen (secondary N) is 1. The molecule has 0 saturated carbocycles. The lowest BCUT2D eigenvalue weighted by molar-refractivity contribution is -0.124.